The lowest BCUT2D eigenvalue weighted by atomic mass is 10.1. The molecule has 3 aromatic rings. The zero-order valence-corrected chi connectivity index (χ0v) is 18.3. The fourth-order valence-corrected chi connectivity index (χ4v) is 3.98. The highest BCUT2D eigenvalue weighted by Crippen LogP contribution is 2.27. The van der Waals surface area contributed by atoms with E-state index in [2.05, 4.69) is 21.5 Å². The number of nitrogens with zero attached hydrogens (tertiary/aromatic N) is 4. The number of aromatic nitrogens is 3. The maximum Gasteiger partial charge on any atom is 0.226 e. The number of amides is 1. The third-order valence-electron chi connectivity index (χ3n) is 4.78. The van der Waals surface area contributed by atoms with Gasteiger partial charge in [-0.1, -0.05) is 0 Å². The monoisotopic (exact) mass is 423 g/mol. The number of carbonyl (C=O) groups is 1. The molecule has 156 valence electrons. The average molecular weight is 424 g/mol. The van der Waals surface area contributed by atoms with Crippen molar-refractivity contribution in [3.63, 3.8) is 0 Å². The molecule has 8 heteroatoms. The Morgan fingerprint density at radius 1 is 1.30 bits per heavy atom. The normalized spacial score (nSPS) is 10.6. The number of rotatable bonds is 9. The van der Waals surface area contributed by atoms with E-state index in [1.807, 2.05) is 55.1 Å². The molecule has 0 saturated carbocycles. The van der Waals surface area contributed by atoms with Crippen LogP contribution in [0.4, 0.5) is 5.13 Å². The summed E-state index contributed by atoms with van der Waals surface area (Å²) in [6.07, 6.45) is 1.37. The van der Waals surface area contributed by atoms with Crippen LogP contribution in [0.2, 0.25) is 0 Å². The van der Waals surface area contributed by atoms with E-state index in [4.69, 9.17) is 10.00 Å². The van der Waals surface area contributed by atoms with E-state index in [0.717, 1.165) is 34.0 Å². The minimum atomic E-state index is -0.0776. The van der Waals surface area contributed by atoms with Gasteiger partial charge in [0, 0.05) is 23.1 Å². The molecule has 0 spiro atoms. The first kappa shape index (κ1) is 21.5. The first-order valence-electron chi connectivity index (χ1n) is 9.90. The molecule has 0 saturated heterocycles. The Kier molecular flexibility index (Phi) is 7.20. The van der Waals surface area contributed by atoms with Crippen molar-refractivity contribution in [1.82, 2.24) is 14.8 Å². The molecule has 0 radical (unpaired) electrons. The molecular formula is C22H25N5O2S. The molecule has 0 aliphatic heterocycles. The number of carbonyl (C=O) groups excluding carboxylic acids is 1. The van der Waals surface area contributed by atoms with Gasteiger partial charge in [0.2, 0.25) is 5.91 Å². The zero-order valence-electron chi connectivity index (χ0n) is 17.4. The van der Waals surface area contributed by atoms with Crippen LogP contribution in [0, 0.1) is 25.2 Å². The van der Waals surface area contributed by atoms with Gasteiger partial charge in [0.15, 0.2) is 5.13 Å². The van der Waals surface area contributed by atoms with Crippen LogP contribution in [-0.2, 0) is 17.8 Å². The van der Waals surface area contributed by atoms with Crippen molar-refractivity contribution in [1.29, 1.82) is 5.26 Å². The Hall–Kier alpha value is -3.18. The molecule has 1 amide bonds. The lowest BCUT2D eigenvalue weighted by Gasteiger charge is -2.04. The number of hydrogen-bond donors (Lipinski definition) is 1. The number of anilines is 1. The number of nitriles is 1. The van der Waals surface area contributed by atoms with Crippen LogP contribution in [0.15, 0.2) is 29.6 Å². The second-order valence-electron chi connectivity index (χ2n) is 6.82. The van der Waals surface area contributed by atoms with Gasteiger partial charge in [-0.2, -0.15) is 10.4 Å². The Morgan fingerprint density at radius 2 is 2.07 bits per heavy atom. The number of nitrogens with one attached hydrogen (secondary N) is 1. The molecule has 0 fully saturated rings. The Balaban J connectivity index is 1.57. The summed E-state index contributed by atoms with van der Waals surface area (Å²) in [6, 6.07) is 9.88. The van der Waals surface area contributed by atoms with Gasteiger partial charge in [-0.05, 0) is 57.0 Å². The van der Waals surface area contributed by atoms with Gasteiger partial charge in [0.05, 0.1) is 37.0 Å². The summed E-state index contributed by atoms with van der Waals surface area (Å²) in [5.74, 6) is 0.748. The summed E-state index contributed by atoms with van der Waals surface area (Å²) in [4.78, 5) is 16.9. The summed E-state index contributed by atoms with van der Waals surface area (Å²) in [5, 5.41) is 18.6. The molecule has 1 N–H and O–H groups in total. The van der Waals surface area contributed by atoms with E-state index in [-0.39, 0.29) is 5.91 Å². The number of ether oxygens (including phenoxy) is 1. The van der Waals surface area contributed by atoms with Crippen molar-refractivity contribution in [2.75, 3.05) is 11.9 Å². The number of hydrogen-bond acceptors (Lipinski definition) is 6. The molecule has 0 unspecified atom stereocenters. The number of thiazole rings is 1. The van der Waals surface area contributed by atoms with Crippen LogP contribution in [0.25, 0.3) is 11.3 Å². The second-order valence-corrected chi connectivity index (χ2v) is 7.68. The summed E-state index contributed by atoms with van der Waals surface area (Å²) >= 11 is 1.41. The smallest absolute Gasteiger partial charge is 0.226 e. The van der Waals surface area contributed by atoms with E-state index < -0.39 is 0 Å². The predicted molar refractivity (Wildman–Crippen MR) is 118 cm³/mol. The van der Waals surface area contributed by atoms with Gasteiger partial charge in [0.1, 0.15) is 5.75 Å². The zero-order chi connectivity index (χ0) is 21.5. The largest absolute Gasteiger partial charge is 0.494 e. The van der Waals surface area contributed by atoms with Gasteiger partial charge < -0.3 is 10.1 Å². The highest BCUT2D eigenvalue weighted by atomic mass is 32.1. The van der Waals surface area contributed by atoms with E-state index >= 15 is 0 Å². The molecule has 0 aliphatic rings. The van der Waals surface area contributed by atoms with Crippen molar-refractivity contribution in [3.05, 3.63) is 46.6 Å². The first-order valence-corrected chi connectivity index (χ1v) is 10.8. The van der Waals surface area contributed by atoms with Crippen molar-refractivity contribution in [2.24, 2.45) is 0 Å². The lowest BCUT2D eigenvalue weighted by molar-refractivity contribution is -0.116. The Labute approximate surface area is 180 Å². The lowest BCUT2D eigenvalue weighted by Crippen LogP contribution is -2.12. The fourth-order valence-electron chi connectivity index (χ4n) is 3.24. The third kappa shape index (κ3) is 5.24. The summed E-state index contributed by atoms with van der Waals surface area (Å²) in [5.41, 5.74) is 4.79. The molecule has 2 heterocycles. The fraction of sp³-hybridized carbons (Fsp3) is 0.364. The molecule has 2 aromatic heterocycles. The topological polar surface area (TPSA) is 92.8 Å². The number of aryl methyl sites for hydroxylation is 2. The maximum atomic E-state index is 12.4. The van der Waals surface area contributed by atoms with Crippen LogP contribution in [-0.4, -0.2) is 27.3 Å². The molecule has 3 rings (SSSR count). The van der Waals surface area contributed by atoms with Crippen molar-refractivity contribution in [3.8, 4) is 23.1 Å². The molecule has 30 heavy (non-hydrogen) atoms. The first-order chi connectivity index (χ1) is 14.5. The maximum absolute atomic E-state index is 12.4. The quantitative estimate of drug-likeness (QED) is 0.547. The summed E-state index contributed by atoms with van der Waals surface area (Å²) in [7, 11) is 0. The molecule has 0 aliphatic carbocycles. The van der Waals surface area contributed by atoms with Crippen LogP contribution in [0.3, 0.4) is 0 Å². The van der Waals surface area contributed by atoms with Crippen molar-refractivity contribution in [2.45, 2.75) is 46.6 Å². The predicted octanol–water partition coefficient (Wildman–Crippen LogP) is 4.51. The van der Waals surface area contributed by atoms with Crippen LogP contribution < -0.4 is 10.1 Å². The SMILES string of the molecule is CCOc1ccc(-c2csc(NC(=O)CCc3c(C)nn(CCC#N)c3C)n2)cc1. The highest BCUT2D eigenvalue weighted by Gasteiger charge is 2.14. The molecule has 0 atom stereocenters. The van der Waals surface area contributed by atoms with Gasteiger partial charge >= 0.3 is 0 Å². The summed E-state index contributed by atoms with van der Waals surface area (Å²) < 4.78 is 7.30. The van der Waals surface area contributed by atoms with Crippen LogP contribution in [0.5, 0.6) is 5.75 Å². The van der Waals surface area contributed by atoms with E-state index in [1.54, 1.807) is 0 Å². The van der Waals surface area contributed by atoms with E-state index in [1.165, 1.54) is 11.3 Å². The Bertz CT molecular complexity index is 1050. The Morgan fingerprint density at radius 3 is 2.77 bits per heavy atom. The van der Waals surface area contributed by atoms with Gasteiger partial charge in [-0.3, -0.25) is 9.48 Å². The minimum absolute atomic E-state index is 0.0776. The number of benzene rings is 1. The van der Waals surface area contributed by atoms with Crippen LogP contribution >= 0.6 is 11.3 Å². The minimum Gasteiger partial charge on any atom is -0.494 e. The molecule has 0 bridgehead atoms. The van der Waals surface area contributed by atoms with E-state index in [9.17, 15) is 4.79 Å². The average Bonchev–Trinajstić information content (AvgIpc) is 3.30. The highest BCUT2D eigenvalue weighted by molar-refractivity contribution is 7.14. The van der Waals surface area contributed by atoms with Gasteiger partial charge in [-0.25, -0.2) is 4.98 Å². The summed E-state index contributed by atoms with van der Waals surface area (Å²) in [6.45, 7) is 7.07. The van der Waals surface area contributed by atoms with Crippen molar-refractivity contribution < 1.29 is 9.53 Å². The molecule has 7 nitrogen and oxygen atoms in total. The van der Waals surface area contributed by atoms with Crippen molar-refractivity contribution >= 4 is 22.4 Å². The van der Waals surface area contributed by atoms with Crippen LogP contribution in [0.1, 0.15) is 36.7 Å². The molecule has 1 aromatic carbocycles. The standard InChI is InChI=1S/C22H25N5O2S/c1-4-29-18-8-6-17(7-9-18)20-14-30-22(24-20)25-21(28)11-10-19-15(2)26-27(16(19)3)13-5-12-23/h6-9,14H,4-5,10-11,13H2,1-3H3,(H,24,25,28). The molecular weight excluding hydrogens is 398 g/mol. The van der Waals surface area contributed by atoms with Gasteiger partial charge in [-0.15, -0.1) is 11.3 Å². The van der Waals surface area contributed by atoms with E-state index in [0.29, 0.717) is 37.5 Å². The van der Waals surface area contributed by atoms with Gasteiger partial charge in [0.25, 0.3) is 0 Å². The second kappa shape index (κ2) is 10.0. The third-order valence-corrected chi connectivity index (χ3v) is 5.54.